The van der Waals surface area contributed by atoms with Crippen molar-refractivity contribution in [3.63, 3.8) is 0 Å². The summed E-state index contributed by atoms with van der Waals surface area (Å²) in [4.78, 5) is 10.9. The van der Waals surface area contributed by atoms with Crippen LogP contribution in [-0.4, -0.2) is 67.6 Å². The van der Waals surface area contributed by atoms with Crippen LogP contribution in [-0.2, 0) is 41.2 Å². The molecule has 0 saturated carbocycles. The summed E-state index contributed by atoms with van der Waals surface area (Å²) in [6.07, 6.45) is 0.946. The summed E-state index contributed by atoms with van der Waals surface area (Å²) in [5.74, 6) is 0.453. The van der Waals surface area contributed by atoms with E-state index < -0.39 is 14.3 Å². The Morgan fingerprint density at radius 2 is 1.44 bits per heavy atom. The van der Waals surface area contributed by atoms with Gasteiger partial charge < -0.3 is 28.1 Å². The molecule has 32 heavy (non-hydrogen) atoms. The molecule has 0 amide bonds. The predicted molar refractivity (Wildman–Crippen MR) is 128 cm³/mol. The maximum atomic E-state index is 10.9. The Labute approximate surface area is 194 Å². The van der Waals surface area contributed by atoms with Gasteiger partial charge in [-0.25, -0.2) is 4.79 Å². The van der Waals surface area contributed by atoms with Crippen molar-refractivity contribution >= 4 is 14.3 Å². The third-order valence-electron chi connectivity index (χ3n) is 5.53. The topological polar surface area (TPSA) is 72.5 Å². The van der Waals surface area contributed by atoms with Crippen LogP contribution in [0.25, 0.3) is 0 Å². The largest absolute Gasteiger partial charge is 0.491 e. The summed E-state index contributed by atoms with van der Waals surface area (Å²) < 4.78 is 32.8. The van der Waals surface area contributed by atoms with Crippen molar-refractivity contribution in [2.75, 3.05) is 53.4 Å². The predicted octanol–water partition coefficient (Wildman–Crippen LogP) is 4.37. The van der Waals surface area contributed by atoms with Crippen molar-refractivity contribution in [1.29, 1.82) is 0 Å². The van der Waals surface area contributed by atoms with E-state index in [1.54, 1.807) is 0 Å². The maximum Gasteiger partial charge on any atom is 0.331 e. The lowest BCUT2D eigenvalue weighted by molar-refractivity contribution is -0.146. The molecule has 0 atom stereocenters. The van der Waals surface area contributed by atoms with E-state index in [4.69, 9.17) is 23.4 Å². The van der Waals surface area contributed by atoms with E-state index >= 15 is 0 Å². The smallest absolute Gasteiger partial charge is 0.331 e. The van der Waals surface area contributed by atoms with Gasteiger partial charge in [-0.1, -0.05) is 33.8 Å². The molecule has 0 aromatic heterocycles. The second-order valence-electron chi connectivity index (χ2n) is 9.09. The highest BCUT2D eigenvalue weighted by atomic mass is 28.4. The van der Waals surface area contributed by atoms with Crippen molar-refractivity contribution in [2.24, 2.45) is 0 Å². The van der Waals surface area contributed by atoms with Gasteiger partial charge in [-0.2, -0.15) is 0 Å². The number of aryl methyl sites for hydroxylation is 1. The van der Waals surface area contributed by atoms with Crippen LogP contribution in [0, 0.1) is 0 Å². The van der Waals surface area contributed by atoms with E-state index in [0.29, 0.717) is 46.2 Å². The Kier molecular flexibility index (Phi) is 13.1. The lowest BCUT2D eigenvalue weighted by atomic mass is 10.1. The lowest BCUT2D eigenvalue weighted by Gasteiger charge is -2.36. The lowest BCUT2D eigenvalue weighted by Crippen LogP contribution is -2.40. The van der Waals surface area contributed by atoms with E-state index in [-0.39, 0.29) is 11.6 Å². The third kappa shape index (κ3) is 11.4. The molecule has 1 aromatic rings. The van der Waals surface area contributed by atoms with Crippen LogP contribution in [0.4, 0.5) is 0 Å². The molecule has 1 rings (SSSR count). The number of benzene rings is 1. The SMILES string of the molecule is CCc1cc(CO[Si](C)(C)C(C)(C)C)cc(OCCOCCOCCOCC(=O)OC)c1. The van der Waals surface area contributed by atoms with E-state index in [2.05, 4.69) is 63.7 Å². The van der Waals surface area contributed by atoms with Crippen molar-refractivity contribution in [3.05, 3.63) is 29.3 Å². The molecule has 0 heterocycles. The monoisotopic (exact) mass is 470 g/mol. The molecule has 0 fully saturated rings. The van der Waals surface area contributed by atoms with Crippen LogP contribution >= 0.6 is 0 Å². The molecule has 1 aromatic carbocycles. The average Bonchev–Trinajstić information content (AvgIpc) is 2.74. The van der Waals surface area contributed by atoms with Gasteiger partial charge >= 0.3 is 5.97 Å². The van der Waals surface area contributed by atoms with Crippen LogP contribution in [0.15, 0.2) is 18.2 Å². The molecular weight excluding hydrogens is 428 g/mol. The quantitative estimate of drug-likeness (QED) is 0.202. The van der Waals surface area contributed by atoms with Gasteiger partial charge in [0.1, 0.15) is 19.0 Å². The normalized spacial score (nSPS) is 12.1. The van der Waals surface area contributed by atoms with Crippen LogP contribution < -0.4 is 4.74 Å². The zero-order valence-corrected chi connectivity index (χ0v) is 22.0. The highest BCUT2D eigenvalue weighted by molar-refractivity contribution is 6.74. The molecule has 0 unspecified atom stereocenters. The number of hydrogen-bond acceptors (Lipinski definition) is 7. The van der Waals surface area contributed by atoms with Gasteiger partial charge in [-0.05, 0) is 47.8 Å². The summed E-state index contributed by atoms with van der Waals surface area (Å²) >= 11 is 0. The fraction of sp³-hybridized carbons (Fsp3) is 0.708. The number of methoxy groups -OCH3 is 1. The molecule has 184 valence electrons. The van der Waals surface area contributed by atoms with E-state index in [1.807, 2.05) is 0 Å². The van der Waals surface area contributed by atoms with Gasteiger partial charge in [0.05, 0.1) is 46.8 Å². The van der Waals surface area contributed by atoms with E-state index in [9.17, 15) is 4.79 Å². The molecule has 0 aliphatic heterocycles. The van der Waals surface area contributed by atoms with Gasteiger partial charge in [0, 0.05) is 0 Å². The molecule has 0 spiro atoms. The summed E-state index contributed by atoms with van der Waals surface area (Å²) in [6.45, 7) is 16.6. The first-order valence-electron chi connectivity index (χ1n) is 11.3. The highest BCUT2D eigenvalue weighted by Crippen LogP contribution is 2.37. The molecule has 0 saturated heterocycles. The minimum Gasteiger partial charge on any atom is -0.491 e. The summed E-state index contributed by atoms with van der Waals surface area (Å²) in [6, 6.07) is 6.33. The number of carbonyl (C=O) groups excluding carboxylic acids is 1. The molecule has 0 aliphatic rings. The highest BCUT2D eigenvalue weighted by Gasteiger charge is 2.37. The Morgan fingerprint density at radius 3 is 2.00 bits per heavy atom. The first kappa shape index (κ1) is 28.6. The molecule has 8 heteroatoms. The fourth-order valence-corrected chi connectivity index (χ4v) is 3.41. The second kappa shape index (κ2) is 14.6. The zero-order valence-electron chi connectivity index (χ0n) is 21.0. The first-order valence-corrected chi connectivity index (χ1v) is 14.2. The molecule has 0 radical (unpaired) electrons. The van der Waals surface area contributed by atoms with Crippen LogP contribution in [0.2, 0.25) is 18.1 Å². The molecular formula is C24H42O7Si. The molecule has 0 bridgehead atoms. The molecule has 0 aliphatic carbocycles. The van der Waals surface area contributed by atoms with Gasteiger partial charge in [0.15, 0.2) is 8.32 Å². The Balaban J connectivity index is 2.29. The summed E-state index contributed by atoms with van der Waals surface area (Å²) in [5, 5.41) is 0.186. The summed E-state index contributed by atoms with van der Waals surface area (Å²) in [7, 11) is -0.469. The third-order valence-corrected chi connectivity index (χ3v) is 10.0. The van der Waals surface area contributed by atoms with E-state index in [0.717, 1.165) is 17.7 Å². The molecule has 7 nitrogen and oxygen atoms in total. The van der Waals surface area contributed by atoms with Crippen molar-refractivity contribution < 1.29 is 32.9 Å². The Morgan fingerprint density at radius 1 is 0.875 bits per heavy atom. The van der Waals surface area contributed by atoms with E-state index in [1.165, 1.54) is 12.7 Å². The van der Waals surface area contributed by atoms with Gasteiger partial charge in [0.2, 0.25) is 0 Å². The number of hydrogen-bond donors (Lipinski definition) is 0. The van der Waals surface area contributed by atoms with Gasteiger partial charge in [0.25, 0.3) is 0 Å². The zero-order chi connectivity index (χ0) is 24.0. The standard InChI is InChI=1S/C24H42O7Si/c1-8-20-15-21(18-31-32(6,7)24(2,3)4)17-22(16-20)30-14-13-28-10-9-27-11-12-29-19-23(25)26-5/h15-17H,8-14,18-19H2,1-7H3. The number of ether oxygens (including phenoxy) is 5. The van der Waals surface area contributed by atoms with Crippen molar-refractivity contribution in [2.45, 2.75) is 58.9 Å². The Hall–Kier alpha value is -1.45. The number of carbonyl (C=O) groups is 1. The minimum absolute atomic E-state index is 0.0585. The minimum atomic E-state index is -1.80. The van der Waals surface area contributed by atoms with Crippen LogP contribution in [0.1, 0.15) is 38.8 Å². The van der Waals surface area contributed by atoms with Crippen LogP contribution in [0.3, 0.4) is 0 Å². The Bertz CT molecular complexity index is 671. The fourth-order valence-electron chi connectivity index (χ4n) is 2.45. The number of rotatable bonds is 16. The summed E-state index contributed by atoms with van der Waals surface area (Å²) in [5.41, 5.74) is 2.38. The molecule has 0 N–H and O–H groups in total. The van der Waals surface area contributed by atoms with Gasteiger partial charge in [-0.15, -0.1) is 0 Å². The van der Waals surface area contributed by atoms with Gasteiger partial charge in [-0.3, -0.25) is 0 Å². The first-order chi connectivity index (χ1) is 15.1. The maximum absolute atomic E-state index is 10.9. The number of esters is 1. The van der Waals surface area contributed by atoms with Crippen molar-refractivity contribution in [3.8, 4) is 5.75 Å². The average molecular weight is 471 g/mol. The van der Waals surface area contributed by atoms with Crippen molar-refractivity contribution in [1.82, 2.24) is 0 Å². The van der Waals surface area contributed by atoms with Crippen LogP contribution in [0.5, 0.6) is 5.75 Å². The second-order valence-corrected chi connectivity index (χ2v) is 13.9.